The molecular formula is C17H16N2O4. The molecule has 6 nitrogen and oxygen atoms in total. The van der Waals surface area contributed by atoms with Crippen LogP contribution in [0.4, 0.5) is 10.6 Å². The first-order valence-corrected chi connectivity index (χ1v) is 7.35. The van der Waals surface area contributed by atoms with Gasteiger partial charge in [0.05, 0.1) is 5.56 Å². The van der Waals surface area contributed by atoms with Crippen LogP contribution in [0.5, 0.6) is 0 Å². The van der Waals surface area contributed by atoms with E-state index in [1.165, 1.54) is 11.1 Å². The first kappa shape index (κ1) is 15.0. The van der Waals surface area contributed by atoms with Crippen molar-refractivity contribution in [2.75, 3.05) is 11.4 Å². The van der Waals surface area contributed by atoms with Gasteiger partial charge in [0.25, 0.3) is 0 Å². The predicted molar refractivity (Wildman–Crippen MR) is 83.5 cm³/mol. The van der Waals surface area contributed by atoms with E-state index in [1.807, 2.05) is 30.3 Å². The third-order valence-electron chi connectivity index (χ3n) is 3.70. The summed E-state index contributed by atoms with van der Waals surface area (Å²) in [7, 11) is 0. The number of ether oxygens (including phenoxy) is 1. The molecule has 1 N–H and O–H groups in total. The zero-order chi connectivity index (χ0) is 16.2. The molecule has 1 aromatic heterocycles. The van der Waals surface area contributed by atoms with Gasteiger partial charge in [0.2, 0.25) is 0 Å². The van der Waals surface area contributed by atoms with Gasteiger partial charge in [-0.25, -0.2) is 14.6 Å². The predicted octanol–water partition coefficient (Wildman–Crippen LogP) is 2.87. The number of aromatic carboxylic acids is 1. The average molecular weight is 312 g/mol. The molecule has 1 aliphatic heterocycles. The van der Waals surface area contributed by atoms with Gasteiger partial charge in [-0.2, -0.15) is 0 Å². The number of fused-ring (bicyclic) bond motifs is 1. The smallest absolute Gasteiger partial charge is 0.415 e. The molecule has 1 aromatic carbocycles. The summed E-state index contributed by atoms with van der Waals surface area (Å²) >= 11 is 0. The Morgan fingerprint density at radius 2 is 2.04 bits per heavy atom. The van der Waals surface area contributed by atoms with Crippen LogP contribution in [0.1, 0.15) is 27.9 Å². The number of carboxylic acid groups (broad SMARTS) is 1. The summed E-state index contributed by atoms with van der Waals surface area (Å²) in [5.41, 5.74) is 1.79. The molecule has 1 aliphatic rings. The maximum atomic E-state index is 12.3. The summed E-state index contributed by atoms with van der Waals surface area (Å²) in [6.07, 6.45) is 2.25. The number of aromatic nitrogens is 1. The van der Waals surface area contributed by atoms with Crippen molar-refractivity contribution in [1.29, 1.82) is 0 Å². The van der Waals surface area contributed by atoms with E-state index in [9.17, 15) is 9.59 Å². The van der Waals surface area contributed by atoms with E-state index < -0.39 is 12.1 Å². The van der Waals surface area contributed by atoms with Crippen molar-refractivity contribution >= 4 is 17.9 Å². The molecule has 6 heteroatoms. The van der Waals surface area contributed by atoms with Crippen LogP contribution in [-0.2, 0) is 17.8 Å². The summed E-state index contributed by atoms with van der Waals surface area (Å²) in [6, 6.07) is 11.0. The van der Waals surface area contributed by atoms with Crippen LogP contribution in [0.3, 0.4) is 0 Å². The number of pyridine rings is 1. The Bertz CT molecular complexity index is 731. The Hall–Kier alpha value is -2.89. The highest BCUT2D eigenvalue weighted by molar-refractivity contribution is 5.91. The molecule has 0 radical (unpaired) electrons. The van der Waals surface area contributed by atoms with Gasteiger partial charge in [-0.3, -0.25) is 4.90 Å². The van der Waals surface area contributed by atoms with Crippen LogP contribution >= 0.6 is 0 Å². The molecule has 0 spiro atoms. The van der Waals surface area contributed by atoms with E-state index in [0.717, 1.165) is 17.5 Å². The lowest BCUT2D eigenvalue weighted by molar-refractivity contribution is 0.0696. The number of aryl methyl sites for hydroxylation is 1. The minimum absolute atomic E-state index is 0.128. The quantitative estimate of drug-likeness (QED) is 0.942. The molecule has 2 aromatic rings. The summed E-state index contributed by atoms with van der Waals surface area (Å²) in [4.78, 5) is 28.9. The minimum atomic E-state index is -1.02. The number of carboxylic acids is 1. The first-order chi connectivity index (χ1) is 11.1. The van der Waals surface area contributed by atoms with Crippen LogP contribution in [-0.4, -0.2) is 28.7 Å². The van der Waals surface area contributed by atoms with Crippen LogP contribution < -0.4 is 4.90 Å². The van der Waals surface area contributed by atoms with E-state index in [4.69, 9.17) is 9.84 Å². The Morgan fingerprint density at radius 1 is 1.26 bits per heavy atom. The molecule has 2 heterocycles. The number of anilines is 1. The normalized spacial score (nSPS) is 13.3. The number of rotatable bonds is 3. The number of amides is 1. The molecule has 1 amide bonds. The second-order valence-electron chi connectivity index (χ2n) is 5.31. The van der Waals surface area contributed by atoms with Crippen LogP contribution in [0, 0.1) is 0 Å². The van der Waals surface area contributed by atoms with E-state index in [0.29, 0.717) is 18.8 Å². The van der Waals surface area contributed by atoms with Gasteiger partial charge < -0.3 is 9.84 Å². The van der Waals surface area contributed by atoms with Crippen molar-refractivity contribution in [3.05, 3.63) is 59.3 Å². The third-order valence-corrected chi connectivity index (χ3v) is 3.70. The number of hydrogen-bond donors (Lipinski definition) is 1. The summed E-state index contributed by atoms with van der Waals surface area (Å²) < 4.78 is 5.33. The molecule has 0 unspecified atom stereocenters. The molecule has 23 heavy (non-hydrogen) atoms. The van der Waals surface area contributed by atoms with Crippen molar-refractivity contribution in [3.8, 4) is 0 Å². The zero-order valence-corrected chi connectivity index (χ0v) is 12.4. The summed E-state index contributed by atoms with van der Waals surface area (Å²) in [5, 5.41) is 9.03. The van der Waals surface area contributed by atoms with Gasteiger partial charge in [0, 0.05) is 12.7 Å². The van der Waals surface area contributed by atoms with E-state index in [-0.39, 0.29) is 12.2 Å². The Morgan fingerprint density at radius 3 is 2.78 bits per heavy atom. The van der Waals surface area contributed by atoms with Gasteiger partial charge in [-0.1, -0.05) is 30.3 Å². The fourth-order valence-corrected chi connectivity index (χ4v) is 2.56. The second kappa shape index (κ2) is 6.48. The van der Waals surface area contributed by atoms with Crippen molar-refractivity contribution in [1.82, 2.24) is 4.98 Å². The van der Waals surface area contributed by atoms with Crippen molar-refractivity contribution < 1.29 is 19.4 Å². The molecule has 118 valence electrons. The fraction of sp³-hybridized carbons (Fsp3) is 0.235. The Kier molecular flexibility index (Phi) is 4.23. The lowest BCUT2D eigenvalue weighted by Crippen LogP contribution is -2.36. The molecule has 0 bridgehead atoms. The molecular weight excluding hydrogens is 296 g/mol. The zero-order valence-electron chi connectivity index (χ0n) is 12.4. The van der Waals surface area contributed by atoms with Crippen LogP contribution in [0.2, 0.25) is 0 Å². The lowest BCUT2D eigenvalue weighted by atomic mass is 10.0. The molecule has 0 aliphatic carbocycles. The lowest BCUT2D eigenvalue weighted by Gasteiger charge is -2.27. The molecule has 3 rings (SSSR count). The topological polar surface area (TPSA) is 79.7 Å². The molecule has 0 atom stereocenters. The highest BCUT2D eigenvalue weighted by atomic mass is 16.6. The van der Waals surface area contributed by atoms with Crippen LogP contribution in [0.15, 0.2) is 42.6 Å². The molecule has 0 fully saturated rings. The van der Waals surface area contributed by atoms with Crippen LogP contribution in [0.25, 0.3) is 0 Å². The van der Waals surface area contributed by atoms with Gasteiger partial charge in [0.1, 0.15) is 12.4 Å². The van der Waals surface area contributed by atoms with Gasteiger partial charge >= 0.3 is 12.1 Å². The summed E-state index contributed by atoms with van der Waals surface area (Å²) in [6.45, 7) is 0.707. The van der Waals surface area contributed by atoms with E-state index in [2.05, 4.69) is 4.98 Å². The van der Waals surface area contributed by atoms with Crippen molar-refractivity contribution in [3.63, 3.8) is 0 Å². The molecule has 0 saturated heterocycles. The third kappa shape index (κ3) is 3.31. The van der Waals surface area contributed by atoms with Gasteiger partial charge in [0.15, 0.2) is 0 Å². The number of carbonyl (C=O) groups is 2. The highest BCUT2D eigenvalue weighted by Gasteiger charge is 2.26. The van der Waals surface area contributed by atoms with Gasteiger partial charge in [-0.05, 0) is 30.0 Å². The number of hydrogen-bond acceptors (Lipinski definition) is 4. The monoisotopic (exact) mass is 312 g/mol. The largest absolute Gasteiger partial charge is 0.478 e. The van der Waals surface area contributed by atoms with E-state index in [1.54, 1.807) is 6.07 Å². The maximum Gasteiger partial charge on any atom is 0.415 e. The van der Waals surface area contributed by atoms with Crippen molar-refractivity contribution in [2.24, 2.45) is 0 Å². The number of benzene rings is 1. The first-order valence-electron chi connectivity index (χ1n) is 7.35. The fourth-order valence-electron chi connectivity index (χ4n) is 2.56. The number of nitrogens with zero attached hydrogens (tertiary/aromatic N) is 2. The van der Waals surface area contributed by atoms with Crippen molar-refractivity contribution in [2.45, 2.75) is 19.4 Å². The van der Waals surface area contributed by atoms with Gasteiger partial charge in [-0.15, -0.1) is 0 Å². The summed E-state index contributed by atoms with van der Waals surface area (Å²) in [5.74, 6) is -0.539. The standard InChI is InChI=1S/C17H16N2O4/c20-16(21)14-9-13-7-4-8-19(15(13)18-10-14)17(22)23-11-12-5-2-1-3-6-12/h1-3,5-6,9-10H,4,7-8,11H2,(H,20,21). The second-order valence-corrected chi connectivity index (χ2v) is 5.31. The SMILES string of the molecule is O=C(O)c1cnc2c(c1)CCCN2C(=O)OCc1ccccc1. The van der Waals surface area contributed by atoms with E-state index >= 15 is 0 Å². The number of carbonyl (C=O) groups excluding carboxylic acids is 1. The molecule has 0 saturated carbocycles. The average Bonchev–Trinajstić information content (AvgIpc) is 2.59. The minimum Gasteiger partial charge on any atom is -0.478 e. The highest BCUT2D eigenvalue weighted by Crippen LogP contribution is 2.26. The Labute approximate surface area is 133 Å². The Balaban J connectivity index is 1.74. The maximum absolute atomic E-state index is 12.3.